The van der Waals surface area contributed by atoms with Crippen molar-refractivity contribution in [2.24, 2.45) is 0 Å². The molecule has 148 valence electrons. The van der Waals surface area contributed by atoms with Gasteiger partial charge in [-0.2, -0.15) is 0 Å². The van der Waals surface area contributed by atoms with E-state index in [0.29, 0.717) is 5.69 Å². The van der Waals surface area contributed by atoms with Gasteiger partial charge in [-0.05, 0) is 55.9 Å². The molecule has 2 aliphatic rings. The van der Waals surface area contributed by atoms with Gasteiger partial charge >= 0.3 is 0 Å². The average Bonchev–Trinajstić information content (AvgIpc) is 2.98. The minimum absolute atomic E-state index is 0.0547. The summed E-state index contributed by atoms with van der Waals surface area (Å²) in [4.78, 5) is 49.7. The Morgan fingerprint density at radius 3 is 2.59 bits per heavy atom. The van der Waals surface area contributed by atoms with E-state index in [0.717, 1.165) is 36.1 Å². The number of anilines is 1. The van der Waals surface area contributed by atoms with Gasteiger partial charge in [0.25, 0.3) is 17.5 Å². The first-order chi connectivity index (χ1) is 13.9. The predicted molar refractivity (Wildman–Crippen MR) is 105 cm³/mol. The van der Waals surface area contributed by atoms with Crippen molar-refractivity contribution in [2.45, 2.75) is 38.6 Å². The summed E-state index contributed by atoms with van der Waals surface area (Å²) in [6, 6.07) is 8.50. The molecule has 0 aromatic heterocycles. The van der Waals surface area contributed by atoms with Crippen LogP contribution in [-0.2, 0) is 17.6 Å². The van der Waals surface area contributed by atoms with Gasteiger partial charge in [0.2, 0.25) is 5.91 Å². The van der Waals surface area contributed by atoms with Crippen LogP contribution in [-0.4, -0.2) is 33.6 Å². The normalized spacial score (nSPS) is 16.2. The van der Waals surface area contributed by atoms with E-state index in [1.54, 1.807) is 0 Å². The second-order valence-corrected chi connectivity index (χ2v) is 7.25. The average molecular weight is 393 g/mol. The number of carbonyl (C=O) groups is 3. The van der Waals surface area contributed by atoms with E-state index < -0.39 is 34.4 Å². The summed E-state index contributed by atoms with van der Waals surface area (Å²) in [6.45, 7) is 1.44. The van der Waals surface area contributed by atoms with Crippen LogP contribution in [0.2, 0.25) is 0 Å². The quantitative estimate of drug-likeness (QED) is 0.488. The van der Waals surface area contributed by atoms with Crippen LogP contribution in [0.15, 0.2) is 36.4 Å². The Hall–Kier alpha value is -3.55. The lowest BCUT2D eigenvalue weighted by atomic mass is 9.90. The van der Waals surface area contributed by atoms with E-state index >= 15 is 0 Å². The van der Waals surface area contributed by atoms with Crippen molar-refractivity contribution in [3.8, 4) is 0 Å². The van der Waals surface area contributed by atoms with Crippen LogP contribution >= 0.6 is 0 Å². The summed E-state index contributed by atoms with van der Waals surface area (Å²) < 4.78 is 0. The zero-order valence-electron chi connectivity index (χ0n) is 15.8. The van der Waals surface area contributed by atoms with Crippen molar-refractivity contribution in [3.05, 3.63) is 68.8 Å². The molecule has 29 heavy (non-hydrogen) atoms. The highest BCUT2D eigenvalue weighted by Crippen LogP contribution is 2.33. The molecule has 1 aliphatic carbocycles. The highest BCUT2D eigenvalue weighted by atomic mass is 16.6. The zero-order chi connectivity index (χ0) is 20.7. The Kier molecular flexibility index (Phi) is 4.62. The molecule has 2 aromatic rings. The minimum atomic E-state index is -1.11. The van der Waals surface area contributed by atoms with Crippen molar-refractivity contribution < 1.29 is 19.3 Å². The Labute approximate surface area is 166 Å². The van der Waals surface area contributed by atoms with Crippen molar-refractivity contribution in [2.75, 3.05) is 5.32 Å². The number of imide groups is 1. The van der Waals surface area contributed by atoms with Crippen LogP contribution in [0.25, 0.3) is 0 Å². The van der Waals surface area contributed by atoms with E-state index in [-0.39, 0.29) is 11.1 Å². The third-order valence-corrected chi connectivity index (χ3v) is 5.54. The molecule has 1 N–H and O–H groups in total. The molecule has 0 radical (unpaired) electrons. The first kappa shape index (κ1) is 18.8. The van der Waals surface area contributed by atoms with Crippen LogP contribution < -0.4 is 5.32 Å². The van der Waals surface area contributed by atoms with E-state index in [9.17, 15) is 24.5 Å². The molecule has 0 saturated carbocycles. The second-order valence-electron chi connectivity index (χ2n) is 7.25. The van der Waals surface area contributed by atoms with Crippen LogP contribution in [0.5, 0.6) is 0 Å². The van der Waals surface area contributed by atoms with Gasteiger partial charge in [-0.3, -0.25) is 29.4 Å². The van der Waals surface area contributed by atoms with Crippen molar-refractivity contribution in [1.82, 2.24) is 4.90 Å². The number of nitrogens with one attached hydrogen (secondary N) is 1. The number of hydrogen-bond donors (Lipinski definition) is 1. The molecule has 4 rings (SSSR count). The van der Waals surface area contributed by atoms with Crippen molar-refractivity contribution in [3.63, 3.8) is 0 Å². The van der Waals surface area contributed by atoms with Gasteiger partial charge in [0.15, 0.2) is 0 Å². The van der Waals surface area contributed by atoms with Gasteiger partial charge < -0.3 is 5.32 Å². The smallest absolute Gasteiger partial charge is 0.282 e. The fraction of sp³-hybridized carbons (Fsp3) is 0.286. The highest BCUT2D eigenvalue weighted by Gasteiger charge is 2.44. The molecule has 1 atom stereocenters. The summed E-state index contributed by atoms with van der Waals surface area (Å²) >= 11 is 0. The van der Waals surface area contributed by atoms with E-state index in [1.807, 2.05) is 18.2 Å². The van der Waals surface area contributed by atoms with Gasteiger partial charge in [0, 0.05) is 11.8 Å². The molecule has 0 bridgehead atoms. The fourth-order valence-electron chi connectivity index (χ4n) is 4.04. The Morgan fingerprint density at radius 1 is 1.10 bits per heavy atom. The lowest BCUT2D eigenvalue weighted by Gasteiger charge is -2.24. The van der Waals surface area contributed by atoms with Gasteiger partial charge in [-0.15, -0.1) is 0 Å². The Morgan fingerprint density at radius 2 is 1.83 bits per heavy atom. The largest absolute Gasteiger partial charge is 0.324 e. The SMILES string of the molecule is CC(C(=O)Nc1cccc2c1CCCC2)N1C(=O)c2cccc([N+](=O)[O-])c2C1=O. The monoisotopic (exact) mass is 393 g/mol. The van der Waals surface area contributed by atoms with Gasteiger partial charge in [-0.25, -0.2) is 0 Å². The summed E-state index contributed by atoms with van der Waals surface area (Å²) in [5.74, 6) is -2.04. The third-order valence-electron chi connectivity index (χ3n) is 5.54. The first-order valence-electron chi connectivity index (χ1n) is 9.47. The Balaban J connectivity index is 1.61. The van der Waals surface area contributed by atoms with Gasteiger partial charge in [0.05, 0.1) is 10.5 Å². The Bertz CT molecular complexity index is 1060. The molecule has 8 heteroatoms. The summed E-state index contributed by atoms with van der Waals surface area (Å²) in [5.41, 5.74) is 2.20. The standard InChI is InChI=1S/C21H19N3O5/c1-12(19(25)22-16-10-4-7-13-6-2-3-8-14(13)16)23-20(26)15-9-5-11-17(24(28)29)18(15)21(23)27/h4-5,7,9-12H,2-3,6,8H2,1H3,(H,22,25). The molecule has 0 spiro atoms. The maximum atomic E-state index is 12.9. The molecular formula is C21H19N3O5. The predicted octanol–water partition coefficient (Wildman–Crippen LogP) is 3.10. The molecule has 1 unspecified atom stereocenters. The van der Waals surface area contributed by atoms with Crippen molar-refractivity contribution >= 4 is 29.1 Å². The number of rotatable bonds is 4. The number of hydrogen-bond acceptors (Lipinski definition) is 5. The number of aryl methyl sites for hydroxylation is 1. The zero-order valence-corrected chi connectivity index (χ0v) is 15.8. The van der Waals surface area contributed by atoms with Gasteiger partial charge in [0.1, 0.15) is 11.6 Å². The lowest BCUT2D eigenvalue weighted by molar-refractivity contribution is -0.385. The van der Waals surface area contributed by atoms with E-state index in [1.165, 1.54) is 30.7 Å². The number of fused-ring (bicyclic) bond motifs is 2. The van der Waals surface area contributed by atoms with E-state index in [2.05, 4.69) is 5.32 Å². The molecule has 1 heterocycles. The second kappa shape index (κ2) is 7.12. The molecule has 3 amide bonds. The maximum absolute atomic E-state index is 12.9. The fourth-order valence-corrected chi connectivity index (χ4v) is 4.04. The molecule has 0 fully saturated rings. The van der Waals surface area contributed by atoms with Crippen molar-refractivity contribution in [1.29, 1.82) is 0 Å². The number of benzene rings is 2. The minimum Gasteiger partial charge on any atom is -0.324 e. The number of nitro groups is 1. The topological polar surface area (TPSA) is 110 Å². The number of carbonyl (C=O) groups excluding carboxylic acids is 3. The summed E-state index contributed by atoms with van der Waals surface area (Å²) in [6.07, 6.45) is 3.96. The number of nitro benzene ring substituents is 1. The maximum Gasteiger partial charge on any atom is 0.282 e. The van der Waals surface area contributed by atoms with Crippen LogP contribution in [0.3, 0.4) is 0 Å². The van der Waals surface area contributed by atoms with Crippen LogP contribution in [0.1, 0.15) is 51.6 Å². The molecule has 0 saturated heterocycles. The molecule has 2 aromatic carbocycles. The highest BCUT2D eigenvalue weighted by molar-refractivity contribution is 6.24. The van der Waals surface area contributed by atoms with E-state index in [4.69, 9.17) is 0 Å². The molecule has 1 aliphatic heterocycles. The van der Waals surface area contributed by atoms with Crippen LogP contribution in [0, 0.1) is 10.1 Å². The van der Waals surface area contributed by atoms with Gasteiger partial charge in [-0.1, -0.05) is 18.2 Å². The number of nitrogens with zero attached hydrogens (tertiary/aromatic N) is 2. The number of amides is 3. The third kappa shape index (κ3) is 3.06. The van der Waals surface area contributed by atoms with Crippen LogP contribution in [0.4, 0.5) is 11.4 Å². The first-order valence-corrected chi connectivity index (χ1v) is 9.47. The lowest BCUT2D eigenvalue weighted by Crippen LogP contribution is -2.45. The molecular weight excluding hydrogens is 374 g/mol. The molecule has 8 nitrogen and oxygen atoms in total. The summed E-state index contributed by atoms with van der Waals surface area (Å²) in [7, 11) is 0. The summed E-state index contributed by atoms with van der Waals surface area (Å²) in [5, 5.41) is 14.1.